The smallest absolute Gasteiger partial charge is 0.364 e. The molecule has 1 amide bonds. The van der Waals surface area contributed by atoms with Gasteiger partial charge >= 0.3 is 5.97 Å². The van der Waals surface area contributed by atoms with Crippen LogP contribution in [-0.4, -0.2) is 74.2 Å². The van der Waals surface area contributed by atoms with Crippen molar-refractivity contribution in [3.8, 4) is 0 Å². The average molecular weight is 293 g/mol. The third-order valence-electron chi connectivity index (χ3n) is 3.07. The van der Waals surface area contributed by atoms with E-state index in [1.54, 1.807) is 0 Å². The fourth-order valence-electron chi connectivity index (χ4n) is 2.13. The number of aliphatic hydroxyl groups excluding tert-OH is 3. The van der Waals surface area contributed by atoms with Gasteiger partial charge in [0, 0.05) is 19.8 Å². The minimum Gasteiger partial charge on any atom is -0.477 e. The van der Waals surface area contributed by atoms with E-state index >= 15 is 0 Å². The fourth-order valence-corrected chi connectivity index (χ4v) is 2.13. The van der Waals surface area contributed by atoms with Gasteiger partial charge in [-0.1, -0.05) is 0 Å². The van der Waals surface area contributed by atoms with Gasteiger partial charge in [-0.25, -0.2) is 4.79 Å². The first kappa shape index (κ1) is 16.8. The van der Waals surface area contributed by atoms with Crippen molar-refractivity contribution in [2.75, 3.05) is 6.61 Å². The molecular weight excluding hydrogens is 274 g/mol. The fraction of sp³-hybridized carbons (Fsp3) is 0.818. The SMILES string of the molecule is CC(=O)N[C@H]1C(CC(O)CO)O[C@](O)(C(=O)O)C[C@H]1O. The van der Waals surface area contributed by atoms with Gasteiger partial charge in [-0.2, -0.15) is 0 Å². The summed E-state index contributed by atoms with van der Waals surface area (Å²) < 4.78 is 5.00. The standard InChI is InChI=1S/C11H19NO8/c1-5(14)12-9-7(16)3-11(19,10(17)18)20-8(9)2-6(15)4-13/h6-9,13,15-16,19H,2-4H2,1H3,(H,12,14)(H,17,18)/t6?,7-,8?,9-,11+/m1/s1. The molecule has 1 saturated heterocycles. The highest BCUT2D eigenvalue weighted by Gasteiger charge is 2.51. The first-order valence-electron chi connectivity index (χ1n) is 6.07. The molecule has 0 radical (unpaired) electrons. The molecule has 0 aromatic heterocycles. The monoisotopic (exact) mass is 293 g/mol. The second-order valence-electron chi connectivity index (χ2n) is 4.82. The molecular formula is C11H19NO8. The van der Waals surface area contributed by atoms with Crippen LogP contribution >= 0.6 is 0 Å². The van der Waals surface area contributed by atoms with E-state index in [-0.39, 0.29) is 6.42 Å². The molecule has 0 saturated carbocycles. The molecule has 2 unspecified atom stereocenters. The van der Waals surface area contributed by atoms with Crippen molar-refractivity contribution in [2.24, 2.45) is 0 Å². The van der Waals surface area contributed by atoms with Crippen LogP contribution in [0.25, 0.3) is 0 Å². The van der Waals surface area contributed by atoms with Gasteiger partial charge in [0.15, 0.2) is 0 Å². The predicted octanol–water partition coefficient (Wildman–Crippen LogP) is -2.84. The zero-order valence-electron chi connectivity index (χ0n) is 10.9. The van der Waals surface area contributed by atoms with Gasteiger partial charge in [-0.3, -0.25) is 4.79 Å². The molecule has 0 aromatic rings. The highest BCUT2D eigenvalue weighted by atomic mass is 16.7. The second-order valence-corrected chi connectivity index (χ2v) is 4.82. The number of ether oxygens (including phenoxy) is 1. The van der Waals surface area contributed by atoms with E-state index in [1.165, 1.54) is 6.92 Å². The molecule has 0 spiro atoms. The summed E-state index contributed by atoms with van der Waals surface area (Å²) in [6.07, 6.45) is -4.65. The Hall–Kier alpha value is -1.26. The van der Waals surface area contributed by atoms with Gasteiger partial charge in [0.2, 0.25) is 5.91 Å². The molecule has 1 rings (SSSR count). The summed E-state index contributed by atoms with van der Waals surface area (Å²) in [6, 6.07) is -0.992. The van der Waals surface area contributed by atoms with Crippen molar-refractivity contribution in [1.29, 1.82) is 0 Å². The Morgan fingerprint density at radius 3 is 2.55 bits per heavy atom. The van der Waals surface area contributed by atoms with E-state index in [9.17, 15) is 24.9 Å². The number of carbonyl (C=O) groups excluding carboxylic acids is 1. The van der Waals surface area contributed by atoms with Crippen molar-refractivity contribution in [3.63, 3.8) is 0 Å². The van der Waals surface area contributed by atoms with Gasteiger partial charge in [0.1, 0.15) is 0 Å². The largest absolute Gasteiger partial charge is 0.477 e. The predicted molar refractivity (Wildman–Crippen MR) is 63.4 cm³/mol. The minimum atomic E-state index is -2.60. The normalized spacial score (nSPS) is 35.4. The van der Waals surface area contributed by atoms with Crippen molar-refractivity contribution >= 4 is 11.9 Å². The maximum atomic E-state index is 11.1. The molecule has 0 bridgehead atoms. The third-order valence-corrected chi connectivity index (χ3v) is 3.07. The molecule has 0 aliphatic carbocycles. The zero-order valence-corrected chi connectivity index (χ0v) is 10.9. The summed E-state index contributed by atoms with van der Waals surface area (Å²) >= 11 is 0. The van der Waals surface area contributed by atoms with Crippen LogP contribution in [0.5, 0.6) is 0 Å². The first-order valence-corrected chi connectivity index (χ1v) is 6.07. The molecule has 5 atom stereocenters. The Balaban J connectivity index is 2.93. The number of aliphatic hydroxyl groups is 4. The van der Waals surface area contributed by atoms with Crippen LogP contribution in [-0.2, 0) is 14.3 Å². The van der Waals surface area contributed by atoms with E-state index in [0.717, 1.165) is 0 Å². The molecule has 9 nitrogen and oxygen atoms in total. The summed E-state index contributed by atoms with van der Waals surface area (Å²) in [4.78, 5) is 22.1. The summed E-state index contributed by atoms with van der Waals surface area (Å²) in [6.45, 7) is 0.596. The lowest BCUT2D eigenvalue weighted by molar-refractivity contribution is -0.280. The number of nitrogens with one attached hydrogen (secondary N) is 1. The van der Waals surface area contributed by atoms with Crippen LogP contribution in [0.4, 0.5) is 0 Å². The van der Waals surface area contributed by atoms with Gasteiger partial charge in [-0.05, 0) is 0 Å². The summed E-state index contributed by atoms with van der Waals surface area (Å²) in [7, 11) is 0. The van der Waals surface area contributed by atoms with Gasteiger partial charge in [0.25, 0.3) is 5.79 Å². The van der Waals surface area contributed by atoms with E-state index in [4.69, 9.17) is 14.9 Å². The lowest BCUT2D eigenvalue weighted by Crippen LogP contribution is -2.63. The number of hydrogen-bond donors (Lipinski definition) is 6. The number of hydrogen-bond acceptors (Lipinski definition) is 7. The Kier molecular flexibility index (Phi) is 5.42. The summed E-state index contributed by atoms with van der Waals surface area (Å²) in [5.74, 6) is -4.77. The highest BCUT2D eigenvalue weighted by Crippen LogP contribution is 2.30. The highest BCUT2D eigenvalue weighted by molar-refractivity contribution is 5.76. The molecule has 1 aliphatic rings. The van der Waals surface area contributed by atoms with Crippen molar-refractivity contribution in [2.45, 2.75) is 49.9 Å². The molecule has 1 fully saturated rings. The van der Waals surface area contributed by atoms with Crippen LogP contribution in [0, 0.1) is 0 Å². The van der Waals surface area contributed by atoms with Crippen molar-refractivity contribution < 1.29 is 39.9 Å². The molecule has 0 aromatic carbocycles. The lowest BCUT2D eigenvalue weighted by atomic mass is 9.90. The molecule has 1 heterocycles. The van der Waals surface area contributed by atoms with E-state index < -0.39 is 55.0 Å². The third kappa shape index (κ3) is 3.87. The average Bonchev–Trinajstić information content (AvgIpc) is 2.33. The first-order chi connectivity index (χ1) is 9.19. The van der Waals surface area contributed by atoms with Crippen LogP contribution in [0.3, 0.4) is 0 Å². The van der Waals surface area contributed by atoms with E-state index in [1.807, 2.05) is 0 Å². The van der Waals surface area contributed by atoms with Crippen molar-refractivity contribution in [3.05, 3.63) is 0 Å². The van der Waals surface area contributed by atoms with Crippen LogP contribution < -0.4 is 5.32 Å². The zero-order chi connectivity index (χ0) is 15.5. The molecule has 116 valence electrons. The van der Waals surface area contributed by atoms with Crippen LogP contribution in [0.1, 0.15) is 19.8 Å². The quantitative estimate of drug-likeness (QED) is 0.316. The van der Waals surface area contributed by atoms with Gasteiger partial charge in [0.05, 0.1) is 31.0 Å². The molecule has 9 heteroatoms. The maximum absolute atomic E-state index is 11.1. The summed E-state index contributed by atoms with van der Waals surface area (Å²) in [5, 5.41) is 49.2. The molecule has 1 aliphatic heterocycles. The second kappa shape index (κ2) is 6.46. The Morgan fingerprint density at radius 1 is 1.50 bits per heavy atom. The lowest BCUT2D eigenvalue weighted by Gasteiger charge is -2.42. The van der Waals surface area contributed by atoms with Crippen molar-refractivity contribution in [1.82, 2.24) is 5.32 Å². The number of aliphatic carboxylic acids is 1. The Bertz CT molecular complexity index is 375. The Labute approximate surface area is 114 Å². The topological polar surface area (TPSA) is 157 Å². The number of amides is 1. The van der Waals surface area contributed by atoms with E-state index in [2.05, 4.69) is 5.32 Å². The maximum Gasteiger partial charge on any atom is 0.364 e. The number of carboxylic acid groups (broad SMARTS) is 1. The van der Waals surface area contributed by atoms with Crippen LogP contribution in [0.15, 0.2) is 0 Å². The summed E-state index contributed by atoms with van der Waals surface area (Å²) in [5.41, 5.74) is 0. The molecule has 6 N–H and O–H groups in total. The van der Waals surface area contributed by atoms with Crippen LogP contribution in [0.2, 0.25) is 0 Å². The van der Waals surface area contributed by atoms with Gasteiger partial charge in [-0.15, -0.1) is 0 Å². The number of carboxylic acids is 1. The van der Waals surface area contributed by atoms with Gasteiger partial charge < -0.3 is 35.6 Å². The molecule has 20 heavy (non-hydrogen) atoms. The van der Waals surface area contributed by atoms with E-state index in [0.29, 0.717) is 0 Å². The Morgan fingerprint density at radius 2 is 2.10 bits per heavy atom. The minimum absolute atomic E-state index is 0.256. The number of rotatable bonds is 5. The number of carbonyl (C=O) groups is 2.